The van der Waals surface area contributed by atoms with Gasteiger partial charge >= 0.3 is 0 Å². The van der Waals surface area contributed by atoms with Crippen molar-refractivity contribution in [1.29, 1.82) is 0 Å². The smallest absolute Gasteiger partial charge is 0.122 e. The summed E-state index contributed by atoms with van der Waals surface area (Å²) < 4.78 is 5.20. The Kier molecular flexibility index (Phi) is 3.83. The van der Waals surface area contributed by atoms with Crippen molar-refractivity contribution in [3.8, 4) is 5.75 Å². The van der Waals surface area contributed by atoms with Crippen LogP contribution in [0.4, 0.5) is 0 Å². The molecule has 0 bridgehead atoms. The summed E-state index contributed by atoms with van der Waals surface area (Å²) in [5.41, 5.74) is 10.4. The molecule has 0 aliphatic carbocycles. The number of aryl methyl sites for hydroxylation is 1. The molecule has 4 nitrogen and oxygen atoms in total. The van der Waals surface area contributed by atoms with E-state index in [4.69, 9.17) is 10.3 Å². The quantitative estimate of drug-likeness (QED) is 0.410. The highest BCUT2D eigenvalue weighted by molar-refractivity contribution is 5.37. The van der Waals surface area contributed by atoms with Crippen LogP contribution in [0.25, 0.3) is 10.4 Å². The summed E-state index contributed by atoms with van der Waals surface area (Å²) in [6.07, 6.45) is 0.717. The summed E-state index contributed by atoms with van der Waals surface area (Å²) in [4.78, 5) is 2.71. The standard InChI is InChI=1S/C10H13N3O/c1-8-3-4-10(14-2)9(7-8)5-6-12-13-11/h3-4,7H,5-6H2,1-2H3. The number of nitrogens with zero attached hydrogens (tertiary/aromatic N) is 3. The SMILES string of the molecule is COc1ccc(C)cc1CCN=[N+]=[N-]. The van der Waals surface area contributed by atoms with Crippen LogP contribution in [0.1, 0.15) is 11.1 Å². The molecule has 0 saturated heterocycles. The van der Waals surface area contributed by atoms with E-state index in [1.54, 1.807) is 7.11 Å². The molecule has 0 amide bonds. The fourth-order valence-electron chi connectivity index (χ4n) is 1.32. The molecule has 0 heterocycles. The average molecular weight is 191 g/mol. The predicted octanol–water partition coefficient (Wildman–Crippen LogP) is 2.86. The molecule has 0 atom stereocenters. The Balaban J connectivity index is 2.81. The van der Waals surface area contributed by atoms with Crippen molar-refractivity contribution in [3.05, 3.63) is 39.8 Å². The fraction of sp³-hybridized carbons (Fsp3) is 0.400. The van der Waals surface area contributed by atoms with Gasteiger partial charge in [-0.25, -0.2) is 0 Å². The first kappa shape index (κ1) is 10.4. The maximum Gasteiger partial charge on any atom is 0.122 e. The highest BCUT2D eigenvalue weighted by Gasteiger charge is 2.01. The summed E-state index contributed by atoms with van der Waals surface area (Å²) in [6, 6.07) is 5.97. The van der Waals surface area contributed by atoms with Gasteiger partial charge in [-0.15, -0.1) is 0 Å². The lowest BCUT2D eigenvalue weighted by atomic mass is 10.1. The molecule has 0 radical (unpaired) electrons. The van der Waals surface area contributed by atoms with E-state index in [0.717, 1.165) is 17.7 Å². The van der Waals surface area contributed by atoms with Crippen molar-refractivity contribution >= 4 is 0 Å². The molecule has 1 aromatic rings. The topological polar surface area (TPSA) is 58.0 Å². The van der Waals surface area contributed by atoms with E-state index in [-0.39, 0.29) is 0 Å². The number of benzene rings is 1. The Bertz CT molecular complexity index is 356. The Morgan fingerprint density at radius 2 is 2.29 bits per heavy atom. The van der Waals surface area contributed by atoms with Crippen molar-refractivity contribution in [2.24, 2.45) is 5.11 Å². The zero-order valence-corrected chi connectivity index (χ0v) is 8.40. The van der Waals surface area contributed by atoms with Crippen molar-refractivity contribution in [1.82, 2.24) is 0 Å². The van der Waals surface area contributed by atoms with Crippen LogP contribution in [-0.2, 0) is 6.42 Å². The lowest BCUT2D eigenvalue weighted by Gasteiger charge is -2.07. The van der Waals surface area contributed by atoms with Crippen LogP contribution in [-0.4, -0.2) is 13.7 Å². The first-order valence-corrected chi connectivity index (χ1v) is 4.42. The average Bonchev–Trinajstić information content (AvgIpc) is 2.19. The van der Waals surface area contributed by atoms with Gasteiger partial charge in [0.2, 0.25) is 0 Å². The van der Waals surface area contributed by atoms with Crippen LogP contribution in [0, 0.1) is 6.92 Å². The van der Waals surface area contributed by atoms with Crippen LogP contribution in [0.2, 0.25) is 0 Å². The summed E-state index contributed by atoms with van der Waals surface area (Å²) in [5, 5.41) is 3.50. The highest BCUT2D eigenvalue weighted by Crippen LogP contribution is 2.19. The molecule has 1 rings (SSSR count). The second kappa shape index (κ2) is 5.14. The molecule has 1 aromatic carbocycles. The molecule has 0 N–H and O–H groups in total. The predicted molar refractivity (Wildman–Crippen MR) is 55.4 cm³/mol. The van der Waals surface area contributed by atoms with Gasteiger partial charge < -0.3 is 4.74 Å². The first-order chi connectivity index (χ1) is 6.77. The summed E-state index contributed by atoms with van der Waals surface area (Å²) in [5.74, 6) is 0.851. The van der Waals surface area contributed by atoms with E-state index >= 15 is 0 Å². The Morgan fingerprint density at radius 3 is 2.93 bits per heavy atom. The number of methoxy groups -OCH3 is 1. The largest absolute Gasteiger partial charge is 0.496 e. The summed E-state index contributed by atoms with van der Waals surface area (Å²) in [6.45, 7) is 2.49. The minimum absolute atomic E-state index is 0.469. The molecule has 4 heteroatoms. The molecule has 14 heavy (non-hydrogen) atoms. The zero-order valence-electron chi connectivity index (χ0n) is 8.40. The second-order valence-electron chi connectivity index (χ2n) is 3.02. The fourth-order valence-corrected chi connectivity index (χ4v) is 1.32. The van der Waals surface area contributed by atoms with Gasteiger partial charge in [-0.3, -0.25) is 0 Å². The maximum atomic E-state index is 8.15. The van der Waals surface area contributed by atoms with E-state index < -0.39 is 0 Å². The Hall–Kier alpha value is -1.67. The number of ether oxygens (including phenoxy) is 1. The molecule has 0 fully saturated rings. The van der Waals surface area contributed by atoms with Gasteiger partial charge in [0.05, 0.1) is 7.11 Å². The summed E-state index contributed by atoms with van der Waals surface area (Å²) >= 11 is 0. The number of rotatable bonds is 4. The molecule has 0 aliphatic heterocycles. The zero-order chi connectivity index (χ0) is 10.4. The van der Waals surface area contributed by atoms with Gasteiger partial charge in [0.25, 0.3) is 0 Å². The molecule has 0 aliphatic rings. The van der Waals surface area contributed by atoms with E-state index in [2.05, 4.69) is 10.0 Å². The normalized spacial score (nSPS) is 9.29. The molecular weight excluding hydrogens is 178 g/mol. The van der Waals surface area contributed by atoms with Crippen LogP contribution < -0.4 is 4.74 Å². The lowest BCUT2D eigenvalue weighted by molar-refractivity contribution is 0.409. The van der Waals surface area contributed by atoms with E-state index in [9.17, 15) is 0 Å². The minimum Gasteiger partial charge on any atom is -0.496 e. The lowest BCUT2D eigenvalue weighted by Crippen LogP contribution is -1.95. The Morgan fingerprint density at radius 1 is 1.50 bits per heavy atom. The van der Waals surface area contributed by atoms with Crippen LogP contribution in [0.3, 0.4) is 0 Å². The van der Waals surface area contributed by atoms with Gasteiger partial charge in [-0.1, -0.05) is 22.8 Å². The highest BCUT2D eigenvalue weighted by atomic mass is 16.5. The molecule has 0 spiro atoms. The van der Waals surface area contributed by atoms with E-state index in [0.29, 0.717) is 6.54 Å². The van der Waals surface area contributed by atoms with Gasteiger partial charge in [-0.2, -0.15) is 0 Å². The number of hydrogen-bond donors (Lipinski definition) is 0. The van der Waals surface area contributed by atoms with Crippen molar-refractivity contribution in [3.63, 3.8) is 0 Å². The molecule has 0 aromatic heterocycles. The van der Waals surface area contributed by atoms with Gasteiger partial charge in [-0.05, 0) is 30.5 Å². The van der Waals surface area contributed by atoms with Crippen molar-refractivity contribution < 1.29 is 4.74 Å². The van der Waals surface area contributed by atoms with Crippen LogP contribution >= 0.6 is 0 Å². The maximum absolute atomic E-state index is 8.15. The summed E-state index contributed by atoms with van der Waals surface area (Å²) in [7, 11) is 1.64. The third-order valence-corrected chi connectivity index (χ3v) is 1.98. The number of hydrogen-bond acceptors (Lipinski definition) is 2. The molecule has 0 saturated carbocycles. The third kappa shape index (κ3) is 2.68. The molecular formula is C10H13N3O. The molecule has 74 valence electrons. The minimum atomic E-state index is 0.469. The van der Waals surface area contributed by atoms with Gasteiger partial charge in [0, 0.05) is 11.5 Å². The first-order valence-electron chi connectivity index (χ1n) is 4.42. The van der Waals surface area contributed by atoms with E-state index in [1.807, 2.05) is 25.1 Å². The van der Waals surface area contributed by atoms with Gasteiger partial charge in [0.1, 0.15) is 5.75 Å². The Labute approximate surface area is 83.1 Å². The molecule has 0 unspecified atom stereocenters. The van der Waals surface area contributed by atoms with Crippen LogP contribution in [0.15, 0.2) is 23.3 Å². The van der Waals surface area contributed by atoms with Crippen LogP contribution in [0.5, 0.6) is 5.75 Å². The monoisotopic (exact) mass is 191 g/mol. The van der Waals surface area contributed by atoms with E-state index in [1.165, 1.54) is 5.56 Å². The third-order valence-electron chi connectivity index (χ3n) is 1.98. The van der Waals surface area contributed by atoms with Gasteiger partial charge in [0.15, 0.2) is 0 Å². The second-order valence-corrected chi connectivity index (χ2v) is 3.02. The number of azide groups is 1. The van der Waals surface area contributed by atoms with Crippen molar-refractivity contribution in [2.45, 2.75) is 13.3 Å². The van der Waals surface area contributed by atoms with Crippen molar-refractivity contribution in [2.75, 3.05) is 13.7 Å².